The van der Waals surface area contributed by atoms with Crippen molar-refractivity contribution < 1.29 is 9.53 Å². The third-order valence-corrected chi connectivity index (χ3v) is 3.72. The Kier molecular flexibility index (Phi) is 4.41. The Morgan fingerprint density at radius 3 is 3.00 bits per heavy atom. The molecule has 2 atom stereocenters. The first kappa shape index (κ1) is 12.4. The van der Waals surface area contributed by atoms with Gasteiger partial charge >= 0.3 is 5.97 Å². The number of fused-ring (bicyclic) bond motifs is 3. The highest BCUT2D eigenvalue weighted by atomic mass is 16.5. The number of esters is 1. The molecule has 0 radical (unpaired) electrons. The van der Waals surface area contributed by atoms with E-state index in [0.29, 0.717) is 18.9 Å². The van der Waals surface area contributed by atoms with Crippen LogP contribution in [0.5, 0.6) is 0 Å². The molecule has 0 aromatic rings. The van der Waals surface area contributed by atoms with Crippen LogP contribution in [0.15, 0.2) is 23.8 Å². The summed E-state index contributed by atoms with van der Waals surface area (Å²) in [6.07, 6.45) is 13.4. The molecule has 0 saturated heterocycles. The second kappa shape index (κ2) is 6.04. The van der Waals surface area contributed by atoms with Gasteiger partial charge in [0.05, 0.1) is 13.0 Å². The van der Waals surface area contributed by atoms with Crippen LogP contribution in [0.25, 0.3) is 0 Å². The predicted octanol–water partition coefficient (Wildman–Crippen LogP) is 3.63. The molecule has 0 N–H and O–H groups in total. The number of rotatable bonds is 3. The van der Waals surface area contributed by atoms with Crippen molar-refractivity contribution in [3.05, 3.63) is 23.8 Å². The summed E-state index contributed by atoms with van der Waals surface area (Å²) in [4.78, 5) is 11.6. The largest absolute Gasteiger partial charge is 0.466 e. The molecule has 94 valence electrons. The molecule has 2 rings (SSSR count). The molecule has 2 bridgehead atoms. The van der Waals surface area contributed by atoms with Gasteiger partial charge < -0.3 is 4.74 Å². The topological polar surface area (TPSA) is 26.3 Å². The van der Waals surface area contributed by atoms with E-state index in [2.05, 4.69) is 18.2 Å². The van der Waals surface area contributed by atoms with Gasteiger partial charge in [-0.15, -0.1) is 0 Å². The van der Waals surface area contributed by atoms with Crippen LogP contribution >= 0.6 is 0 Å². The summed E-state index contributed by atoms with van der Waals surface area (Å²) in [5, 5.41) is 0. The van der Waals surface area contributed by atoms with Crippen LogP contribution < -0.4 is 0 Å². The van der Waals surface area contributed by atoms with Crippen molar-refractivity contribution in [1.82, 2.24) is 0 Å². The van der Waals surface area contributed by atoms with Gasteiger partial charge in [0.25, 0.3) is 0 Å². The Labute approximate surface area is 104 Å². The van der Waals surface area contributed by atoms with E-state index >= 15 is 0 Å². The van der Waals surface area contributed by atoms with Crippen molar-refractivity contribution in [1.29, 1.82) is 0 Å². The fourth-order valence-corrected chi connectivity index (χ4v) is 2.88. The maximum absolute atomic E-state index is 11.6. The van der Waals surface area contributed by atoms with Crippen molar-refractivity contribution >= 4 is 5.97 Å². The van der Waals surface area contributed by atoms with Gasteiger partial charge in [-0.05, 0) is 50.9 Å². The lowest BCUT2D eigenvalue weighted by molar-refractivity contribution is -0.142. The number of carbonyl (C=O) groups is 1. The number of carbonyl (C=O) groups excluding carboxylic acids is 1. The molecule has 2 heteroatoms. The minimum atomic E-state index is -0.0645. The lowest BCUT2D eigenvalue weighted by Gasteiger charge is -2.16. The van der Waals surface area contributed by atoms with E-state index in [1.165, 1.54) is 24.8 Å². The van der Waals surface area contributed by atoms with Gasteiger partial charge in [-0.2, -0.15) is 0 Å². The molecule has 0 saturated carbocycles. The van der Waals surface area contributed by atoms with Gasteiger partial charge in [-0.1, -0.05) is 23.8 Å². The van der Waals surface area contributed by atoms with Crippen molar-refractivity contribution in [3.8, 4) is 0 Å². The van der Waals surface area contributed by atoms with Crippen LogP contribution in [0.1, 0.15) is 45.4 Å². The number of ether oxygens (including phenoxy) is 1. The normalized spacial score (nSPS) is 29.8. The molecule has 0 spiro atoms. The van der Waals surface area contributed by atoms with Gasteiger partial charge in [0.1, 0.15) is 0 Å². The van der Waals surface area contributed by atoms with Crippen molar-refractivity contribution in [2.24, 2.45) is 11.8 Å². The molecule has 2 aliphatic rings. The van der Waals surface area contributed by atoms with E-state index in [0.717, 1.165) is 18.8 Å². The molecule has 0 heterocycles. The first-order valence-electron chi connectivity index (χ1n) is 6.78. The smallest absolute Gasteiger partial charge is 0.309 e. The SMILES string of the molecule is CCOC(=O)CC1=C[C@H]2C/C=C\C[C@H](CC2)C1. The Bertz CT molecular complexity index is 328. The summed E-state index contributed by atoms with van der Waals surface area (Å²) in [6, 6.07) is 0. The Morgan fingerprint density at radius 1 is 1.35 bits per heavy atom. The van der Waals surface area contributed by atoms with Crippen LogP contribution in [0.2, 0.25) is 0 Å². The monoisotopic (exact) mass is 234 g/mol. The quantitative estimate of drug-likeness (QED) is 0.550. The predicted molar refractivity (Wildman–Crippen MR) is 68.5 cm³/mol. The lowest BCUT2D eigenvalue weighted by Crippen LogP contribution is -2.07. The summed E-state index contributed by atoms with van der Waals surface area (Å²) in [5.41, 5.74) is 1.31. The third kappa shape index (κ3) is 3.72. The summed E-state index contributed by atoms with van der Waals surface area (Å²) in [7, 11) is 0. The summed E-state index contributed by atoms with van der Waals surface area (Å²) < 4.78 is 5.04. The van der Waals surface area contributed by atoms with E-state index < -0.39 is 0 Å². The standard InChI is InChI=1S/C15H22O2/c1-2-17-15(16)11-14-9-12-5-3-4-6-13(10-14)8-7-12/h3-4,9,12-13H,2,5-8,10-11H2,1H3/b4-3-/t12-,13+/m0/s1. The van der Waals surface area contributed by atoms with Crippen LogP contribution in [0.4, 0.5) is 0 Å². The molecule has 0 fully saturated rings. The fraction of sp³-hybridized carbons (Fsp3) is 0.667. The second-order valence-corrected chi connectivity index (χ2v) is 5.16. The average molecular weight is 234 g/mol. The molecule has 0 amide bonds. The van der Waals surface area contributed by atoms with E-state index in [1.807, 2.05) is 6.92 Å². The molecule has 17 heavy (non-hydrogen) atoms. The van der Waals surface area contributed by atoms with Gasteiger partial charge in [0, 0.05) is 0 Å². The molecule has 0 aliphatic heterocycles. The number of hydrogen-bond acceptors (Lipinski definition) is 2. The lowest BCUT2D eigenvalue weighted by atomic mass is 9.90. The van der Waals surface area contributed by atoms with Crippen LogP contribution in [0.3, 0.4) is 0 Å². The molecule has 0 unspecified atom stereocenters. The first-order valence-corrected chi connectivity index (χ1v) is 6.78. The summed E-state index contributed by atoms with van der Waals surface area (Å²) >= 11 is 0. The molecule has 2 aliphatic carbocycles. The molecule has 2 nitrogen and oxygen atoms in total. The Morgan fingerprint density at radius 2 is 2.18 bits per heavy atom. The highest BCUT2D eigenvalue weighted by molar-refractivity contribution is 5.72. The molecular weight excluding hydrogens is 212 g/mol. The van der Waals surface area contributed by atoms with Gasteiger partial charge in [-0.25, -0.2) is 0 Å². The maximum Gasteiger partial charge on any atom is 0.309 e. The molecular formula is C15H22O2. The average Bonchev–Trinajstić information content (AvgIpc) is 2.38. The third-order valence-electron chi connectivity index (χ3n) is 3.72. The fourth-order valence-electron chi connectivity index (χ4n) is 2.88. The van der Waals surface area contributed by atoms with Crippen LogP contribution in [-0.4, -0.2) is 12.6 Å². The van der Waals surface area contributed by atoms with Crippen molar-refractivity contribution in [2.45, 2.75) is 45.4 Å². The maximum atomic E-state index is 11.6. The van der Waals surface area contributed by atoms with E-state index in [4.69, 9.17) is 4.74 Å². The minimum absolute atomic E-state index is 0.0645. The van der Waals surface area contributed by atoms with Gasteiger partial charge in [0.15, 0.2) is 0 Å². The second-order valence-electron chi connectivity index (χ2n) is 5.16. The highest BCUT2D eigenvalue weighted by Crippen LogP contribution is 2.34. The minimum Gasteiger partial charge on any atom is -0.466 e. The zero-order valence-corrected chi connectivity index (χ0v) is 10.7. The van der Waals surface area contributed by atoms with Crippen molar-refractivity contribution in [2.75, 3.05) is 6.61 Å². The highest BCUT2D eigenvalue weighted by Gasteiger charge is 2.21. The first-order chi connectivity index (χ1) is 8.28. The van der Waals surface area contributed by atoms with Gasteiger partial charge in [-0.3, -0.25) is 4.79 Å². The zero-order chi connectivity index (χ0) is 12.1. The van der Waals surface area contributed by atoms with E-state index in [9.17, 15) is 4.79 Å². The number of hydrogen-bond donors (Lipinski definition) is 0. The summed E-state index contributed by atoms with van der Waals surface area (Å²) in [5.74, 6) is 1.31. The Balaban J connectivity index is 2.02. The van der Waals surface area contributed by atoms with Crippen LogP contribution in [-0.2, 0) is 9.53 Å². The van der Waals surface area contributed by atoms with Gasteiger partial charge in [0.2, 0.25) is 0 Å². The van der Waals surface area contributed by atoms with E-state index in [1.54, 1.807) is 0 Å². The molecule has 0 aromatic heterocycles. The van der Waals surface area contributed by atoms with Crippen molar-refractivity contribution in [3.63, 3.8) is 0 Å². The molecule has 0 aromatic carbocycles. The summed E-state index contributed by atoms with van der Waals surface area (Å²) in [6.45, 7) is 2.35. The van der Waals surface area contributed by atoms with Crippen LogP contribution in [0, 0.1) is 11.8 Å². The van der Waals surface area contributed by atoms with E-state index in [-0.39, 0.29) is 5.97 Å². The number of allylic oxidation sites excluding steroid dienone is 3. The zero-order valence-electron chi connectivity index (χ0n) is 10.7. The Hall–Kier alpha value is -1.05.